The van der Waals surface area contributed by atoms with E-state index >= 15 is 0 Å². The van der Waals surface area contributed by atoms with Gasteiger partial charge in [0, 0.05) is 57.9 Å². The van der Waals surface area contributed by atoms with Gasteiger partial charge in [-0.25, -0.2) is 18.2 Å². The van der Waals surface area contributed by atoms with Gasteiger partial charge in [0.15, 0.2) is 17.5 Å². The van der Waals surface area contributed by atoms with Crippen LogP contribution in [0.15, 0.2) is 24.3 Å². The summed E-state index contributed by atoms with van der Waals surface area (Å²) in [5, 5.41) is 3.26. The average Bonchev–Trinajstić information content (AvgIpc) is 3.34. The van der Waals surface area contributed by atoms with Crippen molar-refractivity contribution in [1.29, 1.82) is 0 Å². The predicted octanol–water partition coefficient (Wildman–Crippen LogP) is 3.61. The summed E-state index contributed by atoms with van der Waals surface area (Å²) in [6.07, 6.45) is -4.74. The molecular formula is C25H26F6N6O. The molecule has 1 unspecified atom stereocenters. The lowest BCUT2D eigenvalue weighted by Crippen LogP contribution is -2.57. The lowest BCUT2D eigenvalue weighted by molar-refractivity contribution is -0.138. The van der Waals surface area contributed by atoms with Crippen molar-refractivity contribution < 1.29 is 31.1 Å². The summed E-state index contributed by atoms with van der Waals surface area (Å²) in [5.41, 5.74) is -1.43. The van der Waals surface area contributed by atoms with E-state index in [2.05, 4.69) is 20.2 Å². The molecule has 0 bridgehead atoms. The number of H-pyrrole nitrogens is 1. The maximum atomic E-state index is 13.9. The zero-order chi connectivity index (χ0) is 27.2. The highest BCUT2D eigenvalue weighted by Gasteiger charge is 2.33. The van der Waals surface area contributed by atoms with Crippen molar-refractivity contribution >= 4 is 22.9 Å². The molecule has 0 saturated carbocycles. The van der Waals surface area contributed by atoms with Gasteiger partial charge in [0.1, 0.15) is 0 Å². The number of fused-ring (bicyclic) bond motifs is 1. The van der Waals surface area contributed by atoms with Crippen LogP contribution >= 0.6 is 0 Å². The number of hydrogen-bond acceptors (Lipinski definition) is 5. The molecule has 5 rings (SSSR count). The van der Waals surface area contributed by atoms with E-state index in [0.717, 1.165) is 38.3 Å². The highest BCUT2D eigenvalue weighted by atomic mass is 19.4. The van der Waals surface area contributed by atoms with Crippen molar-refractivity contribution in [1.82, 2.24) is 25.1 Å². The first-order valence-electron chi connectivity index (χ1n) is 12.3. The lowest BCUT2D eigenvalue weighted by Gasteiger charge is -2.39. The quantitative estimate of drug-likeness (QED) is 0.391. The Labute approximate surface area is 214 Å². The van der Waals surface area contributed by atoms with Crippen molar-refractivity contribution in [3.63, 3.8) is 0 Å². The number of carbonyl (C=O) groups is 1. The van der Waals surface area contributed by atoms with Gasteiger partial charge in [-0.15, -0.1) is 0 Å². The van der Waals surface area contributed by atoms with E-state index in [0.29, 0.717) is 38.3 Å². The Kier molecular flexibility index (Phi) is 6.99. The molecule has 2 aromatic carbocycles. The summed E-state index contributed by atoms with van der Waals surface area (Å²) in [4.78, 5) is 26.0. The number of nitrogens with one attached hydrogen (secondary N) is 2. The zero-order valence-electron chi connectivity index (χ0n) is 20.5. The summed E-state index contributed by atoms with van der Waals surface area (Å²) in [6, 6.07) is 2.65. The molecule has 38 heavy (non-hydrogen) atoms. The van der Waals surface area contributed by atoms with Gasteiger partial charge in [-0.2, -0.15) is 13.2 Å². The Hall–Kier alpha value is -3.32. The monoisotopic (exact) mass is 540 g/mol. The second-order valence-corrected chi connectivity index (χ2v) is 9.51. The smallest absolute Gasteiger partial charge is 0.339 e. The molecule has 0 aliphatic carbocycles. The SMILES string of the molecule is CC(C(=O)N1CCN(c2nc3c(-c4cc(F)c(F)c(F)c4)cc(C(F)(F)F)cc3[nH]2)CC1)N1CCNCC1. The van der Waals surface area contributed by atoms with Crippen LogP contribution in [0, 0.1) is 17.5 Å². The number of hydrogen-bond donors (Lipinski definition) is 2. The molecule has 3 heterocycles. The third-order valence-electron chi connectivity index (χ3n) is 7.14. The van der Waals surface area contributed by atoms with E-state index in [-0.39, 0.29) is 40.1 Å². The minimum absolute atomic E-state index is 0.0146. The summed E-state index contributed by atoms with van der Waals surface area (Å²) >= 11 is 0. The van der Waals surface area contributed by atoms with E-state index in [1.54, 1.807) is 4.90 Å². The first-order chi connectivity index (χ1) is 18.0. The molecule has 2 N–H and O–H groups in total. The fourth-order valence-electron chi connectivity index (χ4n) is 4.98. The number of piperazine rings is 2. The number of alkyl halides is 3. The number of benzene rings is 2. The van der Waals surface area contributed by atoms with Crippen LogP contribution in [-0.2, 0) is 11.0 Å². The summed E-state index contributed by atoms with van der Waals surface area (Å²) < 4.78 is 82.2. The molecule has 204 valence electrons. The fourth-order valence-corrected chi connectivity index (χ4v) is 4.98. The molecule has 0 radical (unpaired) electrons. The largest absolute Gasteiger partial charge is 0.416 e. The number of anilines is 1. The zero-order valence-corrected chi connectivity index (χ0v) is 20.5. The predicted molar refractivity (Wildman–Crippen MR) is 129 cm³/mol. The number of halogens is 6. The first kappa shape index (κ1) is 26.3. The minimum Gasteiger partial charge on any atom is -0.339 e. The lowest BCUT2D eigenvalue weighted by atomic mass is 10.0. The second kappa shape index (κ2) is 10.1. The van der Waals surface area contributed by atoms with Crippen molar-refractivity contribution in [2.75, 3.05) is 57.3 Å². The van der Waals surface area contributed by atoms with Gasteiger partial charge in [0.2, 0.25) is 11.9 Å². The molecule has 1 amide bonds. The van der Waals surface area contributed by atoms with Gasteiger partial charge < -0.3 is 20.1 Å². The summed E-state index contributed by atoms with van der Waals surface area (Å²) in [6.45, 7) is 6.70. The minimum atomic E-state index is -4.74. The standard InChI is InChI=1S/C25H26F6N6O/c1-14(35-4-2-32-3-5-35)23(38)36-6-8-37(9-7-36)24-33-20-13-16(25(29,30)31)12-17(22(20)34-24)15-10-18(26)21(28)19(27)11-15/h10-14,32H,2-9H2,1H3,(H,33,34). The van der Waals surface area contributed by atoms with Crippen molar-refractivity contribution in [3.8, 4) is 11.1 Å². The molecule has 2 aliphatic heterocycles. The summed E-state index contributed by atoms with van der Waals surface area (Å²) in [7, 11) is 0. The van der Waals surface area contributed by atoms with Crippen molar-refractivity contribution in [3.05, 3.63) is 47.3 Å². The topological polar surface area (TPSA) is 67.5 Å². The van der Waals surface area contributed by atoms with Gasteiger partial charge in [0.05, 0.1) is 22.6 Å². The van der Waals surface area contributed by atoms with E-state index in [4.69, 9.17) is 0 Å². The third-order valence-corrected chi connectivity index (χ3v) is 7.14. The number of aromatic amines is 1. The Morgan fingerprint density at radius 1 is 0.947 bits per heavy atom. The molecule has 2 saturated heterocycles. The molecule has 1 atom stereocenters. The van der Waals surface area contributed by atoms with E-state index in [1.165, 1.54) is 0 Å². The Bertz CT molecular complexity index is 1320. The molecule has 2 aliphatic rings. The molecule has 2 fully saturated rings. The first-order valence-corrected chi connectivity index (χ1v) is 12.3. The number of amides is 1. The summed E-state index contributed by atoms with van der Waals surface area (Å²) in [5.74, 6) is -4.45. The number of aromatic nitrogens is 2. The van der Waals surface area contributed by atoms with Gasteiger partial charge in [-0.05, 0) is 36.8 Å². The molecule has 0 spiro atoms. The highest BCUT2D eigenvalue weighted by molar-refractivity contribution is 5.94. The number of nitrogens with zero attached hydrogens (tertiary/aromatic N) is 4. The van der Waals surface area contributed by atoms with Gasteiger partial charge in [-0.1, -0.05) is 0 Å². The van der Waals surface area contributed by atoms with E-state index in [1.807, 2.05) is 11.8 Å². The molecule has 7 nitrogen and oxygen atoms in total. The fraction of sp³-hybridized carbons (Fsp3) is 0.440. The molecular weight excluding hydrogens is 514 g/mol. The number of carbonyl (C=O) groups excluding carboxylic acids is 1. The Morgan fingerprint density at radius 3 is 2.18 bits per heavy atom. The van der Waals surface area contributed by atoms with Gasteiger partial charge in [0.25, 0.3) is 0 Å². The van der Waals surface area contributed by atoms with Crippen LogP contribution in [0.4, 0.5) is 32.3 Å². The van der Waals surface area contributed by atoms with Crippen LogP contribution in [-0.4, -0.2) is 84.1 Å². The van der Waals surface area contributed by atoms with Gasteiger partial charge in [-0.3, -0.25) is 9.69 Å². The normalized spacial score (nSPS) is 18.3. The maximum absolute atomic E-state index is 13.9. The van der Waals surface area contributed by atoms with Crippen LogP contribution in [0.2, 0.25) is 0 Å². The van der Waals surface area contributed by atoms with E-state index < -0.39 is 29.2 Å². The van der Waals surface area contributed by atoms with Crippen LogP contribution in [0.3, 0.4) is 0 Å². The van der Waals surface area contributed by atoms with Crippen molar-refractivity contribution in [2.24, 2.45) is 0 Å². The van der Waals surface area contributed by atoms with E-state index in [9.17, 15) is 31.1 Å². The maximum Gasteiger partial charge on any atom is 0.416 e. The molecule has 3 aromatic rings. The van der Waals surface area contributed by atoms with Crippen LogP contribution in [0.1, 0.15) is 12.5 Å². The Morgan fingerprint density at radius 2 is 1.58 bits per heavy atom. The van der Waals surface area contributed by atoms with Crippen molar-refractivity contribution in [2.45, 2.75) is 19.1 Å². The number of rotatable bonds is 4. The van der Waals surface area contributed by atoms with Crippen LogP contribution < -0.4 is 10.2 Å². The molecule has 13 heteroatoms. The highest BCUT2D eigenvalue weighted by Crippen LogP contribution is 2.38. The Balaban J connectivity index is 1.41. The number of imidazole rings is 1. The van der Waals surface area contributed by atoms with Gasteiger partial charge >= 0.3 is 6.18 Å². The molecule has 1 aromatic heterocycles. The third kappa shape index (κ3) is 5.04. The average molecular weight is 541 g/mol. The van der Waals surface area contributed by atoms with Crippen LogP contribution in [0.25, 0.3) is 22.2 Å². The second-order valence-electron chi connectivity index (χ2n) is 9.51. The van der Waals surface area contributed by atoms with Crippen LogP contribution in [0.5, 0.6) is 0 Å².